The summed E-state index contributed by atoms with van der Waals surface area (Å²) in [5, 5.41) is 3.43. The summed E-state index contributed by atoms with van der Waals surface area (Å²) in [5.74, 6) is 1.05. The van der Waals surface area contributed by atoms with E-state index in [9.17, 15) is 9.59 Å². The number of carbonyl (C=O) groups excluding carboxylic acids is 2. The molecule has 4 rings (SSSR count). The van der Waals surface area contributed by atoms with Crippen LogP contribution in [0.25, 0.3) is 0 Å². The topological polar surface area (TPSA) is 67.9 Å². The van der Waals surface area contributed by atoms with E-state index in [-0.39, 0.29) is 19.1 Å². The van der Waals surface area contributed by atoms with E-state index in [1.807, 2.05) is 30.3 Å². The van der Waals surface area contributed by atoms with Crippen LogP contribution >= 0.6 is 11.6 Å². The van der Waals surface area contributed by atoms with E-state index in [4.69, 9.17) is 21.1 Å². The van der Waals surface area contributed by atoms with Gasteiger partial charge in [-0.2, -0.15) is 0 Å². The lowest BCUT2D eigenvalue weighted by Gasteiger charge is -2.33. The summed E-state index contributed by atoms with van der Waals surface area (Å²) in [7, 11) is 1.61. The van der Waals surface area contributed by atoms with Gasteiger partial charge in [-0.05, 0) is 54.7 Å². The maximum absolute atomic E-state index is 13.2. The molecule has 1 aliphatic heterocycles. The number of imide groups is 1. The molecular weight excluding hydrogens is 380 g/mol. The summed E-state index contributed by atoms with van der Waals surface area (Å²) < 4.78 is 10.9. The van der Waals surface area contributed by atoms with E-state index >= 15 is 0 Å². The van der Waals surface area contributed by atoms with Crippen molar-refractivity contribution < 1.29 is 19.1 Å². The number of rotatable bonds is 5. The Morgan fingerprint density at radius 3 is 2.82 bits per heavy atom. The largest absolute Gasteiger partial charge is 0.497 e. The van der Waals surface area contributed by atoms with E-state index in [0.717, 1.165) is 29.7 Å². The maximum Gasteiger partial charge on any atom is 0.325 e. The molecule has 0 unspecified atom stereocenters. The third-order valence-corrected chi connectivity index (χ3v) is 5.67. The van der Waals surface area contributed by atoms with Crippen molar-refractivity contribution in [3.05, 3.63) is 58.6 Å². The molecule has 2 aliphatic rings. The van der Waals surface area contributed by atoms with Crippen molar-refractivity contribution in [1.29, 1.82) is 0 Å². The molecule has 2 aromatic carbocycles. The van der Waals surface area contributed by atoms with Crippen LogP contribution in [-0.2, 0) is 16.8 Å². The Morgan fingerprint density at radius 1 is 1.21 bits per heavy atom. The minimum atomic E-state index is -0.999. The zero-order valence-corrected chi connectivity index (χ0v) is 16.3. The summed E-state index contributed by atoms with van der Waals surface area (Å²) >= 11 is 6.08. The SMILES string of the molecule is COc1ccc2c(c1)CCC[C@]21NC(=O)N(CCOc2ccccc2Cl)C1=O. The maximum atomic E-state index is 13.2. The van der Waals surface area contributed by atoms with Gasteiger partial charge in [0.2, 0.25) is 0 Å². The second kappa shape index (κ2) is 7.36. The average Bonchev–Trinajstić information content (AvgIpc) is 2.94. The molecule has 28 heavy (non-hydrogen) atoms. The second-order valence-corrected chi connectivity index (χ2v) is 7.35. The van der Waals surface area contributed by atoms with E-state index in [1.165, 1.54) is 4.90 Å². The molecule has 1 atom stereocenters. The van der Waals surface area contributed by atoms with Crippen LogP contribution in [0, 0.1) is 0 Å². The number of hydrogen-bond donors (Lipinski definition) is 1. The minimum absolute atomic E-state index is 0.156. The predicted molar refractivity (Wildman–Crippen MR) is 105 cm³/mol. The van der Waals surface area contributed by atoms with Gasteiger partial charge < -0.3 is 14.8 Å². The summed E-state index contributed by atoms with van der Waals surface area (Å²) in [6.07, 6.45) is 2.25. The van der Waals surface area contributed by atoms with Crippen molar-refractivity contribution in [2.24, 2.45) is 0 Å². The van der Waals surface area contributed by atoms with Crippen LogP contribution in [0.15, 0.2) is 42.5 Å². The number of aryl methyl sites for hydroxylation is 1. The fourth-order valence-corrected chi connectivity index (χ4v) is 4.18. The normalized spacial score (nSPS) is 20.9. The first-order valence-corrected chi connectivity index (χ1v) is 9.62. The number of fused-ring (bicyclic) bond motifs is 2. The molecular formula is C21H21ClN2O4. The minimum Gasteiger partial charge on any atom is -0.497 e. The smallest absolute Gasteiger partial charge is 0.325 e. The number of amides is 3. The lowest BCUT2D eigenvalue weighted by atomic mass is 9.76. The van der Waals surface area contributed by atoms with Gasteiger partial charge in [-0.1, -0.05) is 29.8 Å². The number of methoxy groups -OCH3 is 1. The number of carbonyl (C=O) groups is 2. The molecule has 1 N–H and O–H groups in total. The Bertz CT molecular complexity index is 932. The first-order valence-electron chi connectivity index (χ1n) is 9.24. The standard InChI is InChI=1S/C21H21ClN2O4/c1-27-15-8-9-16-14(13-15)5-4-10-21(16)19(25)24(20(26)23-21)11-12-28-18-7-3-2-6-17(18)22/h2-3,6-9,13H,4-5,10-12H2,1H3,(H,23,26)/t21-/m0/s1. The van der Waals surface area contributed by atoms with Gasteiger partial charge in [0.1, 0.15) is 23.6 Å². The van der Waals surface area contributed by atoms with E-state index < -0.39 is 11.6 Å². The van der Waals surface area contributed by atoms with Crippen LogP contribution < -0.4 is 14.8 Å². The second-order valence-electron chi connectivity index (χ2n) is 6.95. The van der Waals surface area contributed by atoms with Crippen LogP contribution in [0.5, 0.6) is 11.5 Å². The van der Waals surface area contributed by atoms with Crippen LogP contribution in [0.2, 0.25) is 5.02 Å². The molecule has 1 fully saturated rings. The Labute approximate surface area is 168 Å². The lowest BCUT2D eigenvalue weighted by Crippen LogP contribution is -2.46. The van der Waals surface area contributed by atoms with E-state index in [0.29, 0.717) is 17.2 Å². The molecule has 1 saturated heterocycles. The van der Waals surface area contributed by atoms with Crippen LogP contribution in [0.4, 0.5) is 4.79 Å². The van der Waals surface area contributed by atoms with Crippen molar-refractivity contribution >= 4 is 23.5 Å². The Balaban J connectivity index is 1.52. The van der Waals surface area contributed by atoms with Crippen molar-refractivity contribution in [2.45, 2.75) is 24.8 Å². The number of hydrogen-bond acceptors (Lipinski definition) is 4. The van der Waals surface area contributed by atoms with Crippen molar-refractivity contribution in [2.75, 3.05) is 20.3 Å². The quantitative estimate of drug-likeness (QED) is 0.780. The zero-order chi connectivity index (χ0) is 19.7. The Morgan fingerprint density at radius 2 is 2.04 bits per heavy atom. The average molecular weight is 401 g/mol. The van der Waals surface area contributed by atoms with Crippen molar-refractivity contribution in [3.8, 4) is 11.5 Å². The van der Waals surface area contributed by atoms with Crippen molar-refractivity contribution in [1.82, 2.24) is 10.2 Å². The summed E-state index contributed by atoms with van der Waals surface area (Å²) in [6, 6.07) is 12.4. The van der Waals surface area contributed by atoms with Gasteiger partial charge in [0.25, 0.3) is 5.91 Å². The number of urea groups is 1. The van der Waals surface area contributed by atoms with Crippen LogP contribution in [-0.4, -0.2) is 37.1 Å². The lowest BCUT2D eigenvalue weighted by molar-refractivity contribution is -0.132. The molecule has 1 spiro atoms. The van der Waals surface area contributed by atoms with Crippen LogP contribution in [0.1, 0.15) is 24.0 Å². The summed E-state index contributed by atoms with van der Waals surface area (Å²) in [4.78, 5) is 27.1. The van der Waals surface area contributed by atoms with Gasteiger partial charge in [-0.15, -0.1) is 0 Å². The van der Waals surface area contributed by atoms with Gasteiger partial charge in [-0.25, -0.2) is 4.79 Å². The molecule has 0 bridgehead atoms. The summed E-state index contributed by atoms with van der Waals surface area (Å²) in [5.41, 5.74) is 0.891. The van der Waals surface area contributed by atoms with E-state index in [2.05, 4.69) is 5.32 Å². The van der Waals surface area contributed by atoms with Crippen LogP contribution in [0.3, 0.4) is 0 Å². The first-order chi connectivity index (χ1) is 13.5. The molecule has 6 nitrogen and oxygen atoms in total. The molecule has 146 valence electrons. The molecule has 0 radical (unpaired) electrons. The third kappa shape index (κ3) is 3.07. The fourth-order valence-electron chi connectivity index (χ4n) is 3.99. The molecule has 7 heteroatoms. The highest BCUT2D eigenvalue weighted by molar-refractivity contribution is 6.32. The number of para-hydroxylation sites is 1. The molecule has 2 aromatic rings. The van der Waals surface area contributed by atoms with E-state index in [1.54, 1.807) is 19.2 Å². The number of nitrogens with one attached hydrogen (secondary N) is 1. The number of ether oxygens (including phenoxy) is 2. The van der Waals surface area contributed by atoms with Gasteiger partial charge in [0, 0.05) is 0 Å². The Kier molecular flexibility index (Phi) is 4.89. The third-order valence-electron chi connectivity index (χ3n) is 5.35. The number of benzene rings is 2. The number of halogens is 1. The number of nitrogens with zero attached hydrogens (tertiary/aromatic N) is 1. The highest BCUT2D eigenvalue weighted by Crippen LogP contribution is 2.41. The van der Waals surface area contributed by atoms with Gasteiger partial charge in [0.15, 0.2) is 0 Å². The molecule has 1 heterocycles. The fraction of sp³-hybridized carbons (Fsp3) is 0.333. The molecule has 0 saturated carbocycles. The first kappa shape index (κ1) is 18.6. The molecule has 0 aromatic heterocycles. The summed E-state index contributed by atoms with van der Waals surface area (Å²) in [6.45, 7) is 0.331. The van der Waals surface area contributed by atoms with Crippen molar-refractivity contribution in [3.63, 3.8) is 0 Å². The van der Waals surface area contributed by atoms with Gasteiger partial charge in [-0.3, -0.25) is 9.69 Å². The Hall–Kier alpha value is -2.73. The zero-order valence-electron chi connectivity index (χ0n) is 15.5. The predicted octanol–water partition coefficient (Wildman–Crippen LogP) is 3.51. The highest BCUT2D eigenvalue weighted by atomic mass is 35.5. The monoisotopic (exact) mass is 400 g/mol. The highest BCUT2D eigenvalue weighted by Gasteiger charge is 2.53. The van der Waals surface area contributed by atoms with Gasteiger partial charge in [0.05, 0.1) is 18.7 Å². The molecule has 1 aliphatic carbocycles. The van der Waals surface area contributed by atoms with Gasteiger partial charge >= 0.3 is 6.03 Å². The molecule has 3 amide bonds.